The predicted molar refractivity (Wildman–Crippen MR) is 124 cm³/mol. The molecule has 3 N–H and O–H groups in total. The van der Waals surface area contributed by atoms with Crippen molar-refractivity contribution in [2.45, 2.75) is 11.8 Å². The number of hydrazine groups is 1. The summed E-state index contributed by atoms with van der Waals surface area (Å²) in [6, 6.07) is 14.8. The molecule has 2 amide bonds. The van der Waals surface area contributed by atoms with Crippen LogP contribution in [0.1, 0.15) is 6.92 Å². The fourth-order valence-electron chi connectivity index (χ4n) is 2.64. The number of benzene rings is 3. The third kappa shape index (κ3) is 6.03. The Hall–Kier alpha value is -2.47. The van der Waals surface area contributed by atoms with E-state index in [0.29, 0.717) is 15.9 Å². The Bertz CT molecular complexity index is 1250. The van der Waals surface area contributed by atoms with Gasteiger partial charge < -0.3 is 10.1 Å². The molecule has 3 aromatic carbocycles. The molecule has 0 unspecified atom stereocenters. The van der Waals surface area contributed by atoms with E-state index < -0.39 is 22.5 Å². The summed E-state index contributed by atoms with van der Waals surface area (Å²) in [7, 11) is -3.99. The maximum absolute atomic E-state index is 12.3. The zero-order valence-electron chi connectivity index (χ0n) is 16.1. The van der Waals surface area contributed by atoms with Gasteiger partial charge in [-0.2, -0.15) is 0 Å². The third-order valence-electron chi connectivity index (χ3n) is 4.05. The molecular weight excluding hydrogens is 554 g/mol. The molecule has 0 aliphatic rings. The van der Waals surface area contributed by atoms with Gasteiger partial charge in [-0.15, -0.1) is 4.83 Å². The van der Waals surface area contributed by atoms with E-state index in [9.17, 15) is 18.0 Å². The van der Waals surface area contributed by atoms with Gasteiger partial charge in [-0.05, 0) is 69.2 Å². The van der Waals surface area contributed by atoms with Gasteiger partial charge in [-0.3, -0.25) is 15.0 Å². The largest absolute Gasteiger partial charge is 0.483 e. The molecule has 8 nitrogen and oxygen atoms in total. The highest BCUT2D eigenvalue weighted by atomic mass is 79.9. The summed E-state index contributed by atoms with van der Waals surface area (Å²) in [6.45, 7) is 0.948. The van der Waals surface area contributed by atoms with Crippen molar-refractivity contribution in [1.29, 1.82) is 0 Å². The molecule has 11 heteroatoms. The lowest BCUT2D eigenvalue weighted by atomic mass is 10.1. The topological polar surface area (TPSA) is 114 Å². The van der Waals surface area contributed by atoms with Crippen molar-refractivity contribution < 1.29 is 22.7 Å². The summed E-state index contributed by atoms with van der Waals surface area (Å²) < 4.78 is 31.8. The minimum atomic E-state index is -3.99. The Morgan fingerprint density at radius 1 is 1.00 bits per heavy atom. The van der Waals surface area contributed by atoms with Crippen molar-refractivity contribution in [1.82, 2.24) is 10.3 Å². The lowest BCUT2D eigenvalue weighted by Crippen LogP contribution is -2.43. The average Bonchev–Trinajstić information content (AvgIpc) is 2.72. The maximum Gasteiger partial charge on any atom is 0.272 e. The van der Waals surface area contributed by atoms with Crippen LogP contribution in [-0.4, -0.2) is 26.8 Å². The van der Waals surface area contributed by atoms with Gasteiger partial charge >= 0.3 is 0 Å². The molecule has 0 aromatic heterocycles. The zero-order valence-corrected chi connectivity index (χ0v) is 20.1. The second-order valence-corrected chi connectivity index (χ2v) is 9.78. The van der Waals surface area contributed by atoms with Crippen molar-refractivity contribution in [3.8, 4) is 5.75 Å². The quantitative estimate of drug-likeness (QED) is 0.375. The highest BCUT2D eigenvalue weighted by Crippen LogP contribution is 2.34. The first-order chi connectivity index (χ1) is 14.7. The molecule has 3 aromatic rings. The fourth-order valence-corrected chi connectivity index (χ4v) is 4.48. The predicted octanol–water partition coefficient (Wildman–Crippen LogP) is 3.71. The van der Waals surface area contributed by atoms with Crippen LogP contribution in [0.4, 0.5) is 5.69 Å². The first-order valence-electron chi connectivity index (χ1n) is 8.84. The molecule has 31 heavy (non-hydrogen) atoms. The SMILES string of the molecule is CC(=O)Nc1ccc(S(=O)(=O)NNC(=O)COc2ccc3cc(Br)ccc3c2Br)cc1. The minimum absolute atomic E-state index is 0.0775. The lowest BCUT2D eigenvalue weighted by Gasteiger charge is -2.12. The number of sulfonamides is 1. The molecule has 162 valence electrons. The summed E-state index contributed by atoms with van der Waals surface area (Å²) in [5, 5.41) is 4.43. The normalized spacial score (nSPS) is 11.2. The molecule has 3 rings (SSSR count). The number of amides is 2. The lowest BCUT2D eigenvalue weighted by molar-refractivity contribution is -0.123. The fraction of sp³-hybridized carbons (Fsp3) is 0.100. The van der Waals surface area contributed by atoms with Gasteiger partial charge in [0.15, 0.2) is 6.61 Å². The van der Waals surface area contributed by atoms with Crippen LogP contribution >= 0.6 is 31.9 Å². The Labute approximate surface area is 195 Å². The number of carbonyl (C=O) groups excluding carboxylic acids is 2. The number of anilines is 1. The van der Waals surface area contributed by atoms with E-state index in [4.69, 9.17) is 4.74 Å². The molecular formula is C20H17Br2N3O5S. The van der Waals surface area contributed by atoms with E-state index in [1.54, 1.807) is 6.07 Å². The molecule has 0 spiro atoms. The minimum Gasteiger partial charge on any atom is -0.483 e. The average molecular weight is 571 g/mol. The van der Waals surface area contributed by atoms with Crippen molar-refractivity contribution in [3.63, 3.8) is 0 Å². The number of nitrogens with one attached hydrogen (secondary N) is 3. The molecule has 0 aliphatic carbocycles. The number of fused-ring (bicyclic) bond motifs is 1. The van der Waals surface area contributed by atoms with E-state index in [1.807, 2.05) is 29.1 Å². The maximum atomic E-state index is 12.3. The molecule has 0 atom stereocenters. The number of rotatable bonds is 7. The van der Waals surface area contributed by atoms with Crippen LogP contribution in [-0.2, 0) is 19.6 Å². The van der Waals surface area contributed by atoms with E-state index >= 15 is 0 Å². The van der Waals surface area contributed by atoms with Crippen molar-refractivity contribution in [2.24, 2.45) is 0 Å². The molecule has 0 aliphatic heterocycles. The molecule has 0 heterocycles. The van der Waals surface area contributed by atoms with Crippen LogP contribution in [0.15, 0.2) is 68.4 Å². The van der Waals surface area contributed by atoms with Crippen molar-refractivity contribution in [2.75, 3.05) is 11.9 Å². The van der Waals surface area contributed by atoms with Gasteiger partial charge in [0.05, 0.1) is 9.37 Å². The Kier molecular flexibility index (Phi) is 7.31. The number of hydrogen-bond donors (Lipinski definition) is 3. The van der Waals surface area contributed by atoms with Crippen molar-refractivity contribution >= 4 is 70.2 Å². The summed E-state index contributed by atoms with van der Waals surface area (Å²) in [4.78, 5) is 25.0. The molecule has 0 saturated heterocycles. The Morgan fingerprint density at radius 2 is 1.71 bits per heavy atom. The van der Waals surface area contributed by atoms with Gasteiger partial charge in [0.25, 0.3) is 15.9 Å². The van der Waals surface area contributed by atoms with Gasteiger partial charge in [0, 0.05) is 17.1 Å². The molecule has 0 bridgehead atoms. The first-order valence-corrected chi connectivity index (χ1v) is 11.9. The third-order valence-corrected chi connectivity index (χ3v) is 6.62. The van der Waals surface area contributed by atoms with Crippen LogP contribution in [0.25, 0.3) is 10.8 Å². The number of halogens is 2. The summed E-state index contributed by atoms with van der Waals surface area (Å²) in [6.07, 6.45) is 0. The Balaban J connectivity index is 1.58. The van der Waals surface area contributed by atoms with E-state index in [1.165, 1.54) is 31.2 Å². The number of carbonyl (C=O) groups is 2. The summed E-state index contributed by atoms with van der Waals surface area (Å²) >= 11 is 6.88. The van der Waals surface area contributed by atoms with Crippen LogP contribution in [0, 0.1) is 0 Å². The van der Waals surface area contributed by atoms with Gasteiger partial charge in [0.1, 0.15) is 5.75 Å². The van der Waals surface area contributed by atoms with Gasteiger partial charge in [0.2, 0.25) is 5.91 Å². The van der Waals surface area contributed by atoms with E-state index in [0.717, 1.165) is 15.2 Å². The smallest absolute Gasteiger partial charge is 0.272 e. The van der Waals surface area contributed by atoms with Gasteiger partial charge in [-0.25, -0.2) is 8.42 Å². The molecule has 0 fully saturated rings. The van der Waals surface area contributed by atoms with Crippen LogP contribution in [0.3, 0.4) is 0 Å². The highest BCUT2D eigenvalue weighted by molar-refractivity contribution is 9.11. The second-order valence-electron chi connectivity index (χ2n) is 6.39. The Morgan fingerprint density at radius 3 is 2.39 bits per heavy atom. The number of ether oxygens (including phenoxy) is 1. The van der Waals surface area contributed by atoms with Crippen LogP contribution in [0.2, 0.25) is 0 Å². The summed E-state index contributed by atoms with van der Waals surface area (Å²) in [5.74, 6) is -0.505. The molecule has 0 radical (unpaired) electrons. The standard InChI is InChI=1S/C20H17Br2N3O5S/c1-12(26)23-15-4-6-16(7-5-15)31(28,29)25-24-19(27)11-30-18-9-2-13-10-14(21)3-8-17(13)20(18)22/h2-10,25H,11H2,1H3,(H,23,26)(H,24,27). The monoisotopic (exact) mass is 569 g/mol. The zero-order chi connectivity index (χ0) is 22.6. The highest BCUT2D eigenvalue weighted by Gasteiger charge is 2.16. The first kappa shape index (κ1) is 23.2. The van der Waals surface area contributed by atoms with Gasteiger partial charge in [-0.1, -0.05) is 28.1 Å². The number of hydrogen-bond acceptors (Lipinski definition) is 5. The van der Waals surface area contributed by atoms with E-state index in [-0.39, 0.29) is 10.8 Å². The van der Waals surface area contributed by atoms with Crippen LogP contribution in [0.5, 0.6) is 5.75 Å². The van der Waals surface area contributed by atoms with Crippen LogP contribution < -0.4 is 20.3 Å². The van der Waals surface area contributed by atoms with E-state index in [2.05, 4.69) is 42.6 Å². The second kappa shape index (κ2) is 9.77. The summed E-state index contributed by atoms with van der Waals surface area (Å²) in [5.41, 5.74) is 2.57. The molecule has 0 saturated carbocycles. The van der Waals surface area contributed by atoms with Crippen molar-refractivity contribution in [3.05, 3.63) is 63.5 Å².